The minimum absolute atomic E-state index is 0.0886. The summed E-state index contributed by atoms with van der Waals surface area (Å²) in [6.07, 6.45) is 3.19. The van der Waals surface area contributed by atoms with Gasteiger partial charge < -0.3 is 15.6 Å². The van der Waals surface area contributed by atoms with Crippen molar-refractivity contribution in [3.63, 3.8) is 0 Å². The van der Waals surface area contributed by atoms with E-state index in [1.807, 2.05) is 48.5 Å². The molecule has 0 bridgehead atoms. The summed E-state index contributed by atoms with van der Waals surface area (Å²) < 4.78 is 0. The molecule has 0 radical (unpaired) electrons. The van der Waals surface area contributed by atoms with Crippen molar-refractivity contribution in [2.45, 2.75) is 0 Å². The maximum atomic E-state index is 11.6. The number of nitrogens with zero attached hydrogens (tertiary/aromatic N) is 2. The van der Waals surface area contributed by atoms with E-state index in [1.54, 1.807) is 24.3 Å². The predicted octanol–water partition coefficient (Wildman–Crippen LogP) is 6.55. The molecule has 0 aliphatic heterocycles. The Morgan fingerprint density at radius 2 is 1.13 bits per heavy atom. The molecule has 0 saturated carbocycles. The molecular weight excluding hydrogens is 427 g/mol. The molecule has 6 nitrogen and oxygen atoms in total. The van der Waals surface area contributed by atoms with Crippen LogP contribution in [0.4, 0.5) is 11.4 Å². The Kier molecular flexibility index (Phi) is 7.12. The van der Waals surface area contributed by atoms with Crippen molar-refractivity contribution < 1.29 is 10.4 Å². The van der Waals surface area contributed by atoms with Crippen LogP contribution in [0.25, 0.3) is 22.2 Å². The van der Waals surface area contributed by atoms with Crippen LogP contribution in [0.15, 0.2) is 72.8 Å². The maximum Gasteiger partial charge on any atom is 0.105 e. The highest BCUT2D eigenvalue weighted by molar-refractivity contribution is 6.53. The fourth-order valence-corrected chi connectivity index (χ4v) is 3.38. The molecule has 0 fully saturated rings. The van der Waals surface area contributed by atoms with Crippen LogP contribution in [0.5, 0.6) is 0 Å². The summed E-state index contributed by atoms with van der Waals surface area (Å²) in [5.41, 5.74) is 1.10. The molecule has 3 rings (SSSR count). The number of hydrogen-bond acceptors (Lipinski definition) is 6. The molecule has 0 amide bonds. The molecule has 3 aromatic rings. The summed E-state index contributed by atoms with van der Waals surface area (Å²) >= 11 is 12.9. The Labute approximate surface area is 183 Å². The normalized spacial score (nSPS) is 12.1. The van der Waals surface area contributed by atoms with Gasteiger partial charge in [-0.2, -0.15) is 0 Å². The van der Waals surface area contributed by atoms with Crippen LogP contribution in [0, 0.1) is 10.4 Å². The summed E-state index contributed by atoms with van der Waals surface area (Å²) in [6, 6.07) is 20.5. The third kappa shape index (κ3) is 5.20. The van der Waals surface area contributed by atoms with E-state index in [0.717, 1.165) is 17.2 Å². The van der Waals surface area contributed by atoms with Gasteiger partial charge in [-0.25, -0.2) is 0 Å². The Hall–Kier alpha value is -2.84. The van der Waals surface area contributed by atoms with Gasteiger partial charge in [0.15, 0.2) is 0 Å². The summed E-state index contributed by atoms with van der Waals surface area (Å²) in [6.45, 7) is 0. The average molecular weight is 443 g/mol. The van der Waals surface area contributed by atoms with Crippen LogP contribution >= 0.6 is 23.2 Å². The van der Waals surface area contributed by atoms with Gasteiger partial charge in [0.25, 0.3) is 0 Å². The molecule has 0 aromatic heterocycles. The minimum Gasteiger partial charge on any atom is -0.769 e. The summed E-state index contributed by atoms with van der Waals surface area (Å²) in [5, 5.41) is 41.9. The molecule has 30 heavy (non-hydrogen) atoms. The van der Waals surface area contributed by atoms with Crippen molar-refractivity contribution in [1.82, 2.24) is 0 Å². The number of hydrogen-bond donors (Lipinski definition) is 2. The summed E-state index contributed by atoms with van der Waals surface area (Å²) in [7, 11) is 0. The smallest absolute Gasteiger partial charge is 0.105 e. The molecule has 0 aliphatic rings. The van der Waals surface area contributed by atoms with E-state index in [1.165, 1.54) is 6.07 Å². The third-order valence-electron chi connectivity index (χ3n) is 4.23. The number of halogens is 2. The Balaban J connectivity index is 2.18. The van der Waals surface area contributed by atoms with E-state index in [-0.39, 0.29) is 32.1 Å². The highest BCUT2D eigenvalue weighted by atomic mass is 35.5. The fraction of sp³-hybridized carbons (Fsp3) is 0. The lowest BCUT2D eigenvalue weighted by atomic mass is 10.0. The van der Waals surface area contributed by atoms with E-state index in [4.69, 9.17) is 23.2 Å². The topological polar surface area (TPSA) is 93.1 Å². The molecule has 0 unspecified atom stereocenters. The zero-order chi connectivity index (χ0) is 21.7. The highest BCUT2D eigenvalue weighted by Crippen LogP contribution is 2.40. The molecule has 8 heteroatoms. The van der Waals surface area contributed by atoms with Crippen molar-refractivity contribution in [3.8, 4) is 0 Å². The number of benzene rings is 3. The first-order valence-electron chi connectivity index (χ1n) is 8.72. The number of anilines is 2. The van der Waals surface area contributed by atoms with Crippen LogP contribution in [0.2, 0.25) is 0 Å². The largest absolute Gasteiger partial charge is 0.769 e. The summed E-state index contributed by atoms with van der Waals surface area (Å²) in [4.78, 5) is 0. The highest BCUT2D eigenvalue weighted by Gasteiger charge is 2.17. The molecular formula is C22H16Cl2N2O4-2. The van der Waals surface area contributed by atoms with Crippen LogP contribution in [0.3, 0.4) is 0 Å². The minimum atomic E-state index is -0.651. The maximum absolute atomic E-state index is 11.6. The lowest BCUT2D eigenvalue weighted by molar-refractivity contribution is 0.0291. The fourth-order valence-electron chi connectivity index (χ4n) is 2.82. The Morgan fingerprint density at radius 1 is 0.700 bits per heavy atom. The van der Waals surface area contributed by atoms with Gasteiger partial charge in [-0.15, -0.1) is 5.23 Å². The van der Waals surface area contributed by atoms with Crippen molar-refractivity contribution >= 4 is 56.8 Å². The van der Waals surface area contributed by atoms with Crippen molar-refractivity contribution in [2.24, 2.45) is 0 Å². The van der Waals surface area contributed by atoms with Gasteiger partial charge in [-0.1, -0.05) is 83.9 Å². The van der Waals surface area contributed by atoms with Gasteiger partial charge in [0.2, 0.25) is 0 Å². The van der Waals surface area contributed by atoms with E-state index < -0.39 is 10.9 Å². The zero-order valence-corrected chi connectivity index (χ0v) is 17.0. The quantitative estimate of drug-likeness (QED) is 0.332. The van der Waals surface area contributed by atoms with Gasteiger partial charge in [-0.3, -0.25) is 10.4 Å². The molecule has 0 heterocycles. The van der Waals surface area contributed by atoms with Gasteiger partial charge >= 0.3 is 0 Å². The lowest BCUT2D eigenvalue weighted by Crippen LogP contribution is -2.15. The van der Waals surface area contributed by atoms with E-state index in [0.29, 0.717) is 0 Å². The average Bonchev–Trinajstić information content (AvgIpc) is 2.74. The number of rotatable bonds is 6. The zero-order valence-electron chi connectivity index (χ0n) is 15.4. The van der Waals surface area contributed by atoms with Crippen LogP contribution in [0.1, 0.15) is 22.3 Å². The molecule has 0 atom stereocenters. The van der Waals surface area contributed by atoms with Crippen LogP contribution < -0.4 is 10.5 Å². The monoisotopic (exact) mass is 442 g/mol. The predicted molar refractivity (Wildman–Crippen MR) is 122 cm³/mol. The van der Waals surface area contributed by atoms with Crippen molar-refractivity contribution in [3.05, 3.63) is 105 Å². The first kappa shape index (κ1) is 21.9. The molecule has 3 aromatic carbocycles. The first-order valence-corrected chi connectivity index (χ1v) is 9.48. The Morgan fingerprint density at radius 3 is 1.53 bits per heavy atom. The molecule has 0 spiro atoms. The molecule has 0 aliphatic carbocycles. The van der Waals surface area contributed by atoms with Gasteiger partial charge in [0.1, 0.15) is 5.69 Å². The molecule has 154 valence electrons. The van der Waals surface area contributed by atoms with Crippen molar-refractivity contribution in [1.29, 1.82) is 0 Å². The SMILES string of the molecule is [O-]N([O-])c1cc(N(O)O)c(C(Cl)=Cc2ccccc2)cc1C(Cl)=Cc1ccccc1. The Bertz CT molecular complexity index is 987. The lowest BCUT2D eigenvalue weighted by Gasteiger charge is -2.39. The van der Waals surface area contributed by atoms with Gasteiger partial charge in [-0.05, 0) is 35.4 Å². The van der Waals surface area contributed by atoms with Crippen LogP contribution in [-0.4, -0.2) is 10.4 Å². The van der Waals surface area contributed by atoms with Crippen LogP contribution in [-0.2, 0) is 0 Å². The van der Waals surface area contributed by atoms with E-state index >= 15 is 0 Å². The second kappa shape index (κ2) is 9.77. The van der Waals surface area contributed by atoms with E-state index in [9.17, 15) is 20.8 Å². The van der Waals surface area contributed by atoms with Gasteiger partial charge in [0, 0.05) is 16.8 Å². The second-order valence-electron chi connectivity index (χ2n) is 6.24. The molecule has 2 N–H and O–H groups in total. The first-order chi connectivity index (χ1) is 14.4. The van der Waals surface area contributed by atoms with Crippen molar-refractivity contribution in [2.75, 3.05) is 10.5 Å². The second-order valence-corrected chi connectivity index (χ2v) is 7.05. The summed E-state index contributed by atoms with van der Waals surface area (Å²) in [5.74, 6) is 0. The van der Waals surface area contributed by atoms with E-state index in [2.05, 4.69) is 0 Å². The standard InChI is InChI=1S/C22H16Cl2N2O4/c23-19(11-15-7-3-1-4-8-15)17-13-18(20(24)12-16-9-5-2-6-10-16)22(26(29)30)14-21(17)25(27)28/h1-14,27-28H/q-2. The molecule has 0 saturated heterocycles. The van der Waals surface area contributed by atoms with Gasteiger partial charge in [0.05, 0.1) is 10.1 Å². The third-order valence-corrected chi connectivity index (χ3v) is 4.85.